The van der Waals surface area contributed by atoms with E-state index >= 15 is 0 Å². The summed E-state index contributed by atoms with van der Waals surface area (Å²) >= 11 is 3.32. The highest BCUT2D eigenvalue weighted by Crippen LogP contribution is 2.29. The molecule has 0 radical (unpaired) electrons. The number of aliphatic hydroxyl groups excluding tert-OH is 2. The molecule has 1 aliphatic carbocycles. The summed E-state index contributed by atoms with van der Waals surface area (Å²) in [5.41, 5.74) is 0. The molecule has 15 heavy (non-hydrogen) atoms. The van der Waals surface area contributed by atoms with Crippen LogP contribution < -0.4 is 0 Å². The predicted molar refractivity (Wildman–Crippen MR) is 66.1 cm³/mol. The second-order valence-electron chi connectivity index (χ2n) is 4.48. The van der Waals surface area contributed by atoms with Gasteiger partial charge in [0.1, 0.15) is 0 Å². The van der Waals surface area contributed by atoms with Crippen molar-refractivity contribution in [1.29, 1.82) is 0 Å². The van der Waals surface area contributed by atoms with Crippen LogP contribution in [-0.4, -0.2) is 27.2 Å². The fourth-order valence-electron chi connectivity index (χ4n) is 2.25. The Morgan fingerprint density at radius 3 is 2.40 bits per heavy atom. The zero-order valence-corrected chi connectivity index (χ0v) is 10.7. The molecule has 3 atom stereocenters. The van der Waals surface area contributed by atoms with Crippen molar-refractivity contribution in [2.45, 2.75) is 55.6 Å². The van der Waals surface area contributed by atoms with E-state index in [9.17, 15) is 10.2 Å². The first-order chi connectivity index (χ1) is 7.15. The first-order valence-electron chi connectivity index (χ1n) is 5.78. The van der Waals surface area contributed by atoms with Crippen molar-refractivity contribution in [3.8, 4) is 0 Å². The summed E-state index contributed by atoms with van der Waals surface area (Å²) < 4.78 is 0. The Morgan fingerprint density at radius 2 is 1.87 bits per heavy atom. The Labute approximate surface area is 101 Å². The zero-order chi connectivity index (χ0) is 11.3. The quantitative estimate of drug-likeness (QED) is 0.599. The highest BCUT2D eigenvalue weighted by atomic mass is 79.9. The van der Waals surface area contributed by atoms with E-state index in [1.54, 1.807) is 0 Å². The lowest BCUT2D eigenvalue weighted by molar-refractivity contribution is 0.0884. The summed E-state index contributed by atoms with van der Waals surface area (Å²) in [6, 6.07) is 0. The minimum Gasteiger partial charge on any atom is -0.392 e. The number of hydrogen-bond acceptors (Lipinski definition) is 2. The number of halogens is 1. The summed E-state index contributed by atoms with van der Waals surface area (Å²) in [6.07, 6.45) is 7.47. The number of hydrogen-bond donors (Lipinski definition) is 2. The van der Waals surface area contributed by atoms with Crippen molar-refractivity contribution in [3.63, 3.8) is 0 Å². The first kappa shape index (κ1) is 13.2. The lowest BCUT2D eigenvalue weighted by Gasteiger charge is -2.27. The molecule has 0 aromatic carbocycles. The predicted octanol–water partition coefficient (Wildman–Crippen LogP) is 2.63. The summed E-state index contributed by atoms with van der Waals surface area (Å²) in [6.45, 7) is 3.52. The molecule has 88 valence electrons. The minimum absolute atomic E-state index is 0.281. The molecule has 0 bridgehead atoms. The molecule has 1 rings (SSSR count). The SMILES string of the molecule is C=C[C@H](O)[C@@H](Br)[C@@H](O)CC1CCCCC1. The zero-order valence-electron chi connectivity index (χ0n) is 9.11. The van der Waals surface area contributed by atoms with Gasteiger partial charge in [-0.25, -0.2) is 0 Å². The maximum atomic E-state index is 9.92. The Morgan fingerprint density at radius 1 is 1.27 bits per heavy atom. The number of alkyl halides is 1. The summed E-state index contributed by atoms with van der Waals surface area (Å²) in [5, 5.41) is 19.4. The third-order valence-electron chi connectivity index (χ3n) is 3.23. The van der Waals surface area contributed by atoms with Crippen LogP contribution in [0.4, 0.5) is 0 Å². The van der Waals surface area contributed by atoms with Gasteiger partial charge in [0.2, 0.25) is 0 Å². The fraction of sp³-hybridized carbons (Fsp3) is 0.833. The average Bonchev–Trinajstić information content (AvgIpc) is 2.28. The van der Waals surface area contributed by atoms with Gasteiger partial charge >= 0.3 is 0 Å². The van der Waals surface area contributed by atoms with Crippen LogP contribution in [0, 0.1) is 5.92 Å². The molecule has 0 aromatic heterocycles. The molecule has 0 aliphatic heterocycles. The van der Waals surface area contributed by atoms with Crippen molar-refractivity contribution < 1.29 is 10.2 Å². The monoisotopic (exact) mass is 276 g/mol. The fourth-order valence-corrected chi connectivity index (χ4v) is 2.68. The van der Waals surface area contributed by atoms with Gasteiger partial charge in [-0.15, -0.1) is 6.58 Å². The van der Waals surface area contributed by atoms with Gasteiger partial charge < -0.3 is 10.2 Å². The van der Waals surface area contributed by atoms with E-state index in [1.165, 1.54) is 38.2 Å². The molecule has 0 unspecified atom stereocenters. The topological polar surface area (TPSA) is 40.5 Å². The molecule has 3 heteroatoms. The Balaban J connectivity index is 2.32. The normalized spacial score (nSPS) is 24.5. The summed E-state index contributed by atoms with van der Waals surface area (Å²) in [7, 11) is 0. The maximum Gasteiger partial charge on any atom is 0.0868 e. The van der Waals surface area contributed by atoms with Gasteiger partial charge in [0.15, 0.2) is 0 Å². The molecule has 1 saturated carbocycles. The molecule has 1 aliphatic rings. The van der Waals surface area contributed by atoms with Crippen molar-refractivity contribution in [3.05, 3.63) is 12.7 Å². The van der Waals surface area contributed by atoms with E-state index in [2.05, 4.69) is 22.5 Å². The Kier molecular flexibility index (Phi) is 5.87. The molecular weight excluding hydrogens is 256 g/mol. The lowest BCUT2D eigenvalue weighted by Crippen LogP contribution is -2.33. The van der Waals surface area contributed by atoms with Gasteiger partial charge in [0, 0.05) is 0 Å². The van der Waals surface area contributed by atoms with Gasteiger partial charge in [0.25, 0.3) is 0 Å². The molecule has 0 spiro atoms. The van der Waals surface area contributed by atoms with Gasteiger partial charge in [-0.3, -0.25) is 0 Å². The van der Waals surface area contributed by atoms with Gasteiger partial charge in [0.05, 0.1) is 17.0 Å². The van der Waals surface area contributed by atoms with E-state index in [-0.39, 0.29) is 4.83 Å². The van der Waals surface area contributed by atoms with Crippen molar-refractivity contribution >= 4 is 15.9 Å². The molecule has 2 N–H and O–H groups in total. The second-order valence-corrected chi connectivity index (χ2v) is 5.54. The third kappa shape index (κ3) is 4.25. The van der Waals surface area contributed by atoms with Crippen LogP contribution in [0.15, 0.2) is 12.7 Å². The Bertz CT molecular complexity index is 190. The first-order valence-corrected chi connectivity index (χ1v) is 6.69. The molecule has 0 amide bonds. The molecule has 0 saturated heterocycles. The second kappa shape index (κ2) is 6.66. The van der Waals surface area contributed by atoms with Crippen molar-refractivity contribution in [1.82, 2.24) is 0 Å². The lowest BCUT2D eigenvalue weighted by atomic mass is 9.84. The minimum atomic E-state index is -0.663. The molecular formula is C12H21BrO2. The highest BCUT2D eigenvalue weighted by Gasteiger charge is 2.25. The standard InChI is InChI=1S/C12H21BrO2/c1-2-10(14)12(13)11(15)8-9-6-4-3-5-7-9/h2,9-12,14-15H,1,3-8H2/t10-,11-,12+/m0/s1. The smallest absolute Gasteiger partial charge is 0.0868 e. The van der Waals surface area contributed by atoms with Crippen LogP contribution in [0.3, 0.4) is 0 Å². The molecule has 0 aromatic rings. The number of rotatable bonds is 5. The van der Waals surface area contributed by atoms with Crippen LogP contribution >= 0.6 is 15.9 Å². The Hall–Kier alpha value is 0.140. The van der Waals surface area contributed by atoms with Crippen LogP contribution in [-0.2, 0) is 0 Å². The van der Waals surface area contributed by atoms with Crippen LogP contribution in [0.5, 0.6) is 0 Å². The van der Waals surface area contributed by atoms with E-state index in [0.29, 0.717) is 5.92 Å². The van der Waals surface area contributed by atoms with E-state index < -0.39 is 12.2 Å². The van der Waals surface area contributed by atoms with Gasteiger partial charge in [-0.2, -0.15) is 0 Å². The van der Waals surface area contributed by atoms with E-state index in [4.69, 9.17) is 0 Å². The molecule has 0 heterocycles. The average molecular weight is 277 g/mol. The maximum absolute atomic E-state index is 9.92. The van der Waals surface area contributed by atoms with Crippen LogP contribution in [0.2, 0.25) is 0 Å². The van der Waals surface area contributed by atoms with E-state index in [0.717, 1.165) is 6.42 Å². The largest absolute Gasteiger partial charge is 0.392 e. The number of aliphatic hydroxyl groups is 2. The summed E-state index contributed by atoms with van der Waals surface area (Å²) in [5.74, 6) is 0.630. The third-order valence-corrected chi connectivity index (χ3v) is 4.39. The highest BCUT2D eigenvalue weighted by molar-refractivity contribution is 9.09. The van der Waals surface area contributed by atoms with E-state index in [1.807, 2.05) is 0 Å². The molecule has 1 fully saturated rings. The molecule has 2 nitrogen and oxygen atoms in total. The van der Waals surface area contributed by atoms with Crippen molar-refractivity contribution in [2.24, 2.45) is 5.92 Å². The van der Waals surface area contributed by atoms with Crippen LogP contribution in [0.1, 0.15) is 38.5 Å². The summed E-state index contributed by atoms with van der Waals surface area (Å²) in [4.78, 5) is -0.281. The van der Waals surface area contributed by atoms with Crippen molar-refractivity contribution in [2.75, 3.05) is 0 Å². The van der Waals surface area contributed by atoms with Crippen LogP contribution in [0.25, 0.3) is 0 Å². The van der Waals surface area contributed by atoms with Gasteiger partial charge in [-0.05, 0) is 12.3 Å². The van der Waals surface area contributed by atoms with Gasteiger partial charge in [-0.1, -0.05) is 54.1 Å².